The van der Waals surface area contributed by atoms with E-state index in [1.54, 1.807) is 19.1 Å². The molecule has 0 bridgehead atoms. The largest absolute Gasteiger partial charge is 0.394 e. The lowest BCUT2D eigenvalue weighted by atomic mass is 10.2. The topological polar surface area (TPSA) is 132 Å². The fourth-order valence-electron chi connectivity index (χ4n) is 1.04. The van der Waals surface area contributed by atoms with Gasteiger partial charge in [-0.1, -0.05) is 6.07 Å². The molecule has 1 fully saturated rings. The van der Waals surface area contributed by atoms with Crippen LogP contribution in [0.3, 0.4) is 0 Å². The number of nitrogens with zero attached hydrogens (tertiary/aromatic N) is 2. The summed E-state index contributed by atoms with van der Waals surface area (Å²) >= 11 is 0. The fourth-order valence-corrected chi connectivity index (χ4v) is 1.04. The molecule has 2 rings (SSSR count). The number of aliphatic imine (C=N–C) groups is 2. The molecule has 126 valence electrons. The van der Waals surface area contributed by atoms with Crippen LogP contribution in [0, 0.1) is 6.92 Å². The molecule has 8 heteroatoms. The third kappa shape index (κ3) is 11.1. The number of aliphatic hydroxyl groups excluding tert-OH is 3. The van der Waals surface area contributed by atoms with Gasteiger partial charge in [0.15, 0.2) is 0 Å². The maximum absolute atomic E-state index is 10.00. The highest BCUT2D eigenvalue weighted by Crippen LogP contribution is 2.23. The van der Waals surface area contributed by atoms with Gasteiger partial charge in [-0.15, -0.1) is 0 Å². The van der Waals surface area contributed by atoms with Crippen molar-refractivity contribution in [1.82, 2.24) is 0 Å². The maximum atomic E-state index is 10.00. The van der Waals surface area contributed by atoms with Crippen LogP contribution in [0.15, 0.2) is 28.2 Å². The minimum atomic E-state index is -0.954. The molecule has 1 heterocycles. The second kappa shape index (κ2) is 12.4. The minimum absolute atomic E-state index is 0.365. The van der Waals surface area contributed by atoms with Crippen LogP contribution in [0.2, 0.25) is 0 Å². The molecule has 0 aromatic heterocycles. The number of hydrogen-bond acceptors (Lipinski definition) is 8. The van der Waals surface area contributed by atoms with Crippen LogP contribution in [0.5, 0.6) is 0 Å². The van der Waals surface area contributed by atoms with E-state index in [0.717, 1.165) is 12.2 Å². The molecule has 0 aliphatic carbocycles. The van der Waals surface area contributed by atoms with Crippen molar-refractivity contribution < 1.29 is 29.6 Å². The summed E-state index contributed by atoms with van der Waals surface area (Å²) in [4.78, 5) is 26.8. The van der Waals surface area contributed by atoms with Crippen molar-refractivity contribution in [1.29, 1.82) is 0 Å². The maximum Gasteiger partial charge on any atom is 0.240 e. The van der Waals surface area contributed by atoms with E-state index in [-0.39, 0.29) is 13.2 Å². The van der Waals surface area contributed by atoms with Crippen LogP contribution in [0.25, 0.3) is 0 Å². The standard InChI is InChI=1S/C9H6N2O2.C3H8O3.C3H6O/c1-7-2-3-8(10-5-12)4-9(7)11-6-13;4-1-3(6)2-5;1-3-2-4-3/h2-4H,1H3;3-6H,1-2H2;3H,2H2,1H3. The summed E-state index contributed by atoms with van der Waals surface area (Å²) in [5.74, 6) is 0. The van der Waals surface area contributed by atoms with Gasteiger partial charge in [-0.3, -0.25) is 0 Å². The van der Waals surface area contributed by atoms with Gasteiger partial charge in [-0.25, -0.2) is 9.59 Å². The van der Waals surface area contributed by atoms with Crippen LogP contribution in [0.1, 0.15) is 12.5 Å². The zero-order valence-corrected chi connectivity index (χ0v) is 13.0. The lowest BCUT2D eigenvalue weighted by Crippen LogP contribution is -2.15. The summed E-state index contributed by atoms with van der Waals surface area (Å²) in [6.45, 7) is 4.11. The molecule has 0 saturated carbocycles. The van der Waals surface area contributed by atoms with Crippen LogP contribution in [-0.2, 0) is 14.3 Å². The third-order valence-electron chi connectivity index (χ3n) is 2.46. The van der Waals surface area contributed by atoms with Crippen LogP contribution < -0.4 is 0 Å². The number of carbonyl (C=O) groups excluding carboxylic acids is 2. The van der Waals surface area contributed by atoms with Crippen molar-refractivity contribution in [2.45, 2.75) is 26.1 Å². The Morgan fingerprint density at radius 2 is 1.78 bits per heavy atom. The van der Waals surface area contributed by atoms with Gasteiger partial charge in [-0.05, 0) is 31.5 Å². The van der Waals surface area contributed by atoms with Crippen molar-refractivity contribution in [3.63, 3.8) is 0 Å². The van der Waals surface area contributed by atoms with E-state index in [9.17, 15) is 9.59 Å². The Morgan fingerprint density at radius 1 is 1.26 bits per heavy atom. The number of rotatable bonds is 4. The van der Waals surface area contributed by atoms with Gasteiger partial charge in [0.1, 0.15) is 6.10 Å². The fraction of sp³-hybridized carbons (Fsp3) is 0.467. The normalized spacial score (nSPS) is 14.3. The first-order valence-electron chi connectivity index (χ1n) is 6.76. The Morgan fingerprint density at radius 3 is 2.13 bits per heavy atom. The average Bonchev–Trinajstić information content (AvgIpc) is 3.34. The Labute approximate surface area is 133 Å². The average molecular weight is 324 g/mol. The molecule has 1 unspecified atom stereocenters. The number of aryl methyl sites for hydroxylation is 1. The molecule has 0 radical (unpaired) electrons. The quantitative estimate of drug-likeness (QED) is 0.423. The zero-order valence-electron chi connectivity index (χ0n) is 13.0. The second-order valence-electron chi connectivity index (χ2n) is 4.54. The van der Waals surface area contributed by atoms with Gasteiger partial charge in [0, 0.05) is 0 Å². The highest BCUT2D eigenvalue weighted by molar-refractivity contribution is 5.61. The smallest absolute Gasteiger partial charge is 0.240 e. The number of benzene rings is 1. The molecule has 0 spiro atoms. The molecular formula is C15H20N2O6. The Bertz CT molecular complexity index is 557. The van der Waals surface area contributed by atoms with Gasteiger partial charge in [0.05, 0.1) is 37.3 Å². The first-order chi connectivity index (χ1) is 11.0. The number of aliphatic hydroxyl groups is 3. The monoisotopic (exact) mass is 324 g/mol. The lowest BCUT2D eigenvalue weighted by molar-refractivity contribution is 0.0450. The first kappa shape index (κ1) is 20.8. The summed E-state index contributed by atoms with van der Waals surface area (Å²) < 4.78 is 4.71. The number of isocyanates is 2. The van der Waals surface area contributed by atoms with Crippen molar-refractivity contribution in [3.05, 3.63) is 23.8 Å². The van der Waals surface area contributed by atoms with Crippen LogP contribution >= 0.6 is 0 Å². The highest BCUT2D eigenvalue weighted by atomic mass is 16.6. The first-order valence-corrected chi connectivity index (χ1v) is 6.76. The van der Waals surface area contributed by atoms with E-state index in [2.05, 4.69) is 16.9 Å². The van der Waals surface area contributed by atoms with Gasteiger partial charge in [-0.2, -0.15) is 9.98 Å². The van der Waals surface area contributed by atoms with Crippen LogP contribution in [-0.4, -0.2) is 59.5 Å². The van der Waals surface area contributed by atoms with E-state index < -0.39 is 6.10 Å². The lowest BCUT2D eigenvalue weighted by Gasteiger charge is -1.97. The summed E-state index contributed by atoms with van der Waals surface area (Å²) in [6, 6.07) is 4.88. The molecule has 1 aliphatic rings. The van der Waals surface area contributed by atoms with Gasteiger partial charge in [0.25, 0.3) is 0 Å². The molecule has 1 atom stereocenters. The Kier molecular flexibility index (Phi) is 11.2. The van der Waals surface area contributed by atoms with E-state index in [0.29, 0.717) is 17.5 Å². The SMILES string of the molecule is CC1CO1.Cc1ccc(N=C=O)cc1N=C=O.OCC(O)CO. The molecule has 1 aliphatic heterocycles. The molecule has 8 nitrogen and oxygen atoms in total. The van der Waals surface area contributed by atoms with Gasteiger partial charge < -0.3 is 20.1 Å². The summed E-state index contributed by atoms with van der Waals surface area (Å²) in [5, 5.41) is 24.0. The van der Waals surface area contributed by atoms with Crippen molar-refractivity contribution in [3.8, 4) is 0 Å². The predicted octanol–water partition coefficient (Wildman–Crippen LogP) is 0.667. The second-order valence-corrected chi connectivity index (χ2v) is 4.54. The molecule has 23 heavy (non-hydrogen) atoms. The predicted molar refractivity (Wildman–Crippen MR) is 82.3 cm³/mol. The van der Waals surface area contributed by atoms with E-state index in [4.69, 9.17) is 20.1 Å². The van der Waals surface area contributed by atoms with E-state index >= 15 is 0 Å². The molecule has 0 amide bonds. The summed E-state index contributed by atoms with van der Waals surface area (Å²) in [6.07, 6.45) is 2.47. The Balaban J connectivity index is 0.000000397. The van der Waals surface area contributed by atoms with Crippen LogP contribution in [0.4, 0.5) is 11.4 Å². The number of epoxide rings is 1. The van der Waals surface area contributed by atoms with Crippen molar-refractivity contribution in [2.24, 2.45) is 9.98 Å². The Hall–Kier alpha value is -2.18. The third-order valence-corrected chi connectivity index (χ3v) is 2.46. The van der Waals surface area contributed by atoms with Gasteiger partial charge in [0.2, 0.25) is 12.2 Å². The van der Waals surface area contributed by atoms with Gasteiger partial charge >= 0.3 is 0 Å². The summed E-state index contributed by atoms with van der Waals surface area (Å²) in [5.41, 5.74) is 1.72. The van der Waals surface area contributed by atoms with Crippen molar-refractivity contribution in [2.75, 3.05) is 19.8 Å². The molecule has 1 aromatic rings. The zero-order chi connectivity index (χ0) is 17.7. The van der Waals surface area contributed by atoms with E-state index in [1.807, 2.05) is 0 Å². The molecule has 1 saturated heterocycles. The molecule has 1 aromatic carbocycles. The highest BCUT2D eigenvalue weighted by Gasteiger charge is 2.13. The summed E-state index contributed by atoms with van der Waals surface area (Å²) in [7, 11) is 0. The minimum Gasteiger partial charge on any atom is -0.394 e. The molecular weight excluding hydrogens is 304 g/mol. The van der Waals surface area contributed by atoms with Crippen molar-refractivity contribution >= 4 is 23.5 Å². The number of hydrogen-bond donors (Lipinski definition) is 3. The number of ether oxygens (including phenoxy) is 1. The van der Waals surface area contributed by atoms with E-state index in [1.165, 1.54) is 18.2 Å². The molecule has 3 N–H and O–H groups in total.